The molecule has 0 aromatic heterocycles. The van der Waals surface area contributed by atoms with Crippen LogP contribution in [0.2, 0.25) is 0 Å². The quantitative estimate of drug-likeness (QED) is 0.0767. The minimum atomic E-state index is 0.746. The van der Waals surface area contributed by atoms with Crippen molar-refractivity contribution in [3.05, 3.63) is 218 Å². The average Bonchev–Trinajstić information content (AvgIpc) is 3.57. The van der Waals surface area contributed by atoms with Crippen LogP contribution in [-0.2, 0) is 9.68 Å². The molecule has 0 aliphatic heterocycles. The minimum Gasteiger partial charge on any atom is -0.497 e. The number of benzene rings is 10. The predicted octanol–water partition coefficient (Wildman–Crippen LogP) is 17.1. The summed E-state index contributed by atoms with van der Waals surface area (Å²) in [5.74, 6) is 4.53. The van der Waals surface area contributed by atoms with Crippen molar-refractivity contribution < 1.29 is 38.1 Å². The Labute approximate surface area is 467 Å². The van der Waals surface area contributed by atoms with Crippen LogP contribution in [0.15, 0.2) is 218 Å². The van der Waals surface area contributed by atoms with Gasteiger partial charge in [-0.05, 0) is 239 Å². The molecule has 12 heteroatoms. The highest BCUT2D eigenvalue weighted by Crippen LogP contribution is 2.53. The van der Waals surface area contributed by atoms with E-state index in [1.165, 1.54) is 0 Å². The number of nitrogens with zero attached hydrogens (tertiary/aromatic N) is 4. The summed E-state index contributed by atoms with van der Waals surface area (Å²) in [6.45, 7) is 0. The van der Waals surface area contributed by atoms with Gasteiger partial charge in [-0.3, -0.25) is 9.68 Å². The van der Waals surface area contributed by atoms with Gasteiger partial charge in [-0.1, -0.05) is 24.3 Å². The van der Waals surface area contributed by atoms with E-state index in [4.69, 9.17) is 38.1 Å². The van der Waals surface area contributed by atoms with Gasteiger partial charge in [0.05, 0.1) is 79.6 Å². The fraction of sp³-hybridized carbons (Fsp3) is 0.118. The van der Waals surface area contributed by atoms with Crippen molar-refractivity contribution in [2.75, 3.05) is 76.8 Å². The Morgan fingerprint density at radius 1 is 0.188 bits per heavy atom. The number of methoxy groups -OCH3 is 6. The third kappa shape index (κ3) is 10.1. The Hall–Kier alpha value is -9.88. The van der Waals surface area contributed by atoms with Crippen LogP contribution in [0.4, 0.5) is 56.9 Å². The van der Waals surface area contributed by atoms with Crippen molar-refractivity contribution in [2.45, 2.75) is 0 Å². The molecule has 10 aromatic rings. The Kier molecular flexibility index (Phi) is 15.0. The van der Waals surface area contributed by atoms with E-state index in [1.54, 1.807) is 56.9 Å². The van der Waals surface area contributed by atoms with Gasteiger partial charge in [0, 0.05) is 34.1 Å². The summed E-state index contributed by atoms with van der Waals surface area (Å²) in [6, 6.07) is 74.8. The largest absolute Gasteiger partial charge is 0.497 e. The van der Waals surface area contributed by atoms with Gasteiger partial charge in [-0.2, -0.15) is 0 Å². The van der Waals surface area contributed by atoms with E-state index < -0.39 is 0 Å². The van der Waals surface area contributed by atoms with E-state index in [1.807, 2.05) is 107 Å². The van der Waals surface area contributed by atoms with Crippen LogP contribution in [0.3, 0.4) is 0 Å². The lowest BCUT2D eigenvalue weighted by atomic mass is 9.80. The van der Waals surface area contributed by atoms with Crippen molar-refractivity contribution in [3.8, 4) is 79.0 Å². The fourth-order valence-electron chi connectivity index (χ4n) is 10.5. The van der Waals surface area contributed by atoms with Crippen LogP contribution in [0, 0.1) is 0 Å². The first kappa shape index (κ1) is 52.2. The summed E-state index contributed by atoms with van der Waals surface area (Å²) in [7, 11) is 13.4. The van der Waals surface area contributed by atoms with Crippen molar-refractivity contribution >= 4 is 56.9 Å². The average molecular weight is 1060 g/mol. The van der Waals surface area contributed by atoms with E-state index >= 15 is 0 Å². The van der Waals surface area contributed by atoms with Gasteiger partial charge in [0.15, 0.2) is 0 Å². The van der Waals surface area contributed by atoms with E-state index in [9.17, 15) is 0 Å². The predicted molar refractivity (Wildman–Crippen MR) is 322 cm³/mol. The minimum absolute atomic E-state index is 0.746. The number of hydrogen-bond donors (Lipinski definition) is 0. The molecule has 11 rings (SSSR count). The lowest BCUT2D eigenvalue weighted by Crippen LogP contribution is -2.16. The molecular formula is C68H60N4O8. The summed E-state index contributed by atoms with van der Waals surface area (Å²) in [6.07, 6.45) is 0. The van der Waals surface area contributed by atoms with Gasteiger partial charge >= 0.3 is 0 Å². The third-order valence-electron chi connectivity index (χ3n) is 14.5. The molecule has 10 aromatic carbocycles. The summed E-state index contributed by atoms with van der Waals surface area (Å²) in [5, 5.41) is 3.67. The van der Waals surface area contributed by atoms with Crippen LogP contribution in [0.5, 0.6) is 34.5 Å². The maximum atomic E-state index is 6.22. The lowest BCUT2D eigenvalue weighted by molar-refractivity contribution is 0.201. The number of anilines is 10. The molecule has 1 aliphatic carbocycles. The van der Waals surface area contributed by atoms with Gasteiger partial charge in [0.2, 0.25) is 0 Å². The van der Waals surface area contributed by atoms with E-state index in [0.29, 0.717) is 0 Å². The molecule has 12 nitrogen and oxygen atoms in total. The smallest absolute Gasteiger partial charge is 0.119 e. The number of rotatable bonds is 18. The van der Waals surface area contributed by atoms with Crippen molar-refractivity contribution in [2.24, 2.45) is 0 Å². The second-order valence-electron chi connectivity index (χ2n) is 18.7. The highest BCUT2D eigenvalue weighted by Gasteiger charge is 2.28. The topological polar surface area (TPSA) is 86.8 Å². The molecule has 0 bridgehead atoms. The summed E-state index contributed by atoms with van der Waals surface area (Å²) < 4.78 is 33.7. The molecule has 0 atom stereocenters. The first-order chi connectivity index (χ1) is 39.3. The molecule has 0 spiro atoms. The van der Waals surface area contributed by atoms with Gasteiger partial charge in [-0.25, -0.2) is 10.1 Å². The summed E-state index contributed by atoms with van der Waals surface area (Å²) in [5.41, 5.74) is 17.0. The molecule has 400 valence electrons. The monoisotopic (exact) mass is 1060 g/mol. The normalized spacial score (nSPS) is 11.1. The first-order valence-electron chi connectivity index (χ1n) is 26.0. The number of fused-ring (bicyclic) bond motifs is 8. The Balaban J connectivity index is 1.20. The Morgan fingerprint density at radius 3 is 0.588 bits per heavy atom. The molecular weight excluding hydrogens is 1000 g/mol. The van der Waals surface area contributed by atoms with Gasteiger partial charge in [0.1, 0.15) is 34.5 Å². The molecule has 0 saturated carbocycles. The maximum Gasteiger partial charge on any atom is 0.119 e. The van der Waals surface area contributed by atoms with Crippen LogP contribution >= 0.6 is 0 Å². The Bertz CT molecular complexity index is 3420. The molecule has 80 heavy (non-hydrogen) atoms. The Morgan fingerprint density at radius 2 is 0.375 bits per heavy atom. The van der Waals surface area contributed by atoms with E-state index in [-0.39, 0.29) is 0 Å². The molecule has 0 amide bonds. The molecule has 0 heterocycles. The first-order valence-corrected chi connectivity index (χ1v) is 26.0. The number of hydrogen-bond acceptors (Lipinski definition) is 12. The second-order valence-corrected chi connectivity index (χ2v) is 18.7. The SMILES string of the molecule is COc1ccc(N(OC)c2ccc3c(c2)-c2cc(N(OC)c4ccc(OC)cc4)ccc2-c2ccc(N(c4ccc(OC)cc4)c4ccc(OC)cc4)cc2-c2cc(N(c4ccc(OC)cc4)c4ccc(OC)cc4)ccc2-3)cc1. The summed E-state index contributed by atoms with van der Waals surface area (Å²) >= 11 is 0. The number of ether oxygens (including phenoxy) is 6. The van der Waals surface area contributed by atoms with Gasteiger partial charge < -0.3 is 38.2 Å². The molecule has 0 radical (unpaired) electrons. The maximum absolute atomic E-state index is 6.22. The highest BCUT2D eigenvalue weighted by atomic mass is 16.7. The zero-order valence-electron chi connectivity index (χ0n) is 45.8. The fourth-order valence-corrected chi connectivity index (χ4v) is 10.5. The third-order valence-corrected chi connectivity index (χ3v) is 14.5. The van der Waals surface area contributed by atoms with Crippen molar-refractivity contribution in [3.63, 3.8) is 0 Å². The second kappa shape index (κ2) is 23.0. The van der Waals surface area contributed by atoms with E-state index in [0.717, 1.165) is 136 Å². The standard InChI is InChI=1S/C68H60N4O8/c1-73-55-25-9-45(10-26-55)69(46-11-27-56(74-2)28-12-46)51-21-37-61-63-39-23-53(71(79-7)49-17-33-59(77-5)34-18-49)43-67(63)68-44-54(72(80-8)50-19-35-60(78-6)36-20-50)24-40-64(68)62-38-22-52(42-66(62)65(61)41-51)70(47-13-29-57(75-3)30-14-47)48-15-31-58(76-4)32-16-48/h9-44H,1-8H3. The van der Waals surface area contributed by atoms with E-state index in [2.05, 4.69) is 131 Å². The molecule has 0 fully saturated rings. The van der Waals surface area contributed by atoms with Gasteiger partial charge in [-0.15, -0.1) is 0 Å². The van der Waals surface area contributed by atoms with Crippen molar-refractivity contribution in [1.82, 2.24) is 0 Å². The molecule has 0 N–H and O–H groups in total. The molecule has 0 unspecified atom stereocenters. The molecule has 0 saturated heterocycles. The van der Waals surface area contributed by atoms with Crippen LogP contribution < -0.4 is 48.3 Å². The van der Waals surface area contributed by atoms with Crippen LogP contribution in [-0.4, -0.2) is 56.9 Å². The lowest BCUT2D eigenvalue weighted by Gasteiger charge is -2.31. The zero-order chi connectivity index (χ0) is 55.3. The van der Waals surface area contributed by atoms with Crippen LogP contribution in [0.25, 0.3) is 44.5 Å². The summed E-state index contributed by atoms with van der Waals surface area (Å²) in [4.78, 5) is 17.0. The highest BCUT2D eigenvalue weighted by molar-refractivity contribution is 6.06. The van der Waals surface area contributed by atoms with Crippen LogP contribution in [0.1, 0.15) is 0 Å². The zero-order valence-corrected chi connectivity index (χ0v) is 45.8. The molecule has 1 aliphatic rings. The van der Waals surface area contributed by atoms with Crippen molar-refractivity contribution in [1.29, 1.82) is 0 Å². The van der Waals surface area contributed by atoms with Gasteiger partial charge in [0.25, 0.3) is 0 Å².